The highest BCUT2D eigenvalue weighted by atomic mass is 16.5. The summed E-state index contributed by atoms with van der Waals surface area (Å²) in [5.41, 5.74) is 0. The van der Waals surface area contributed by atoms with E-state index in [0.29, 0.717) is 23.9 Å². The van der Waals surface area contributed by atoms with Crippen molar-refractivity contribution in [2.75, 3.05) is 27.7 Å². The quantitative estimate of drug-likeness (QED) is 0.352. The molecule has 0 radical (unpaired) electrons. The van der Waals surface area contributed by atoms with Crippen molar-refractivity contribution in [2.24, 2.45) is 0 Å². The Bertz CT molecular complexity index is 403. The van der Waals surface area contributed by atoms with Gasteiger partial charge in [0.25, 0.3) is 0 Å². The van der Waals surface area contributed by atoms with Crippen LogP contribution in [0.25, 0.3) is 0 Å². The minimum atomic E-state index is -1.29. The molecule has 2 atom stereocenters. The van der Waals surface area contributed by atoms with Gasteiger partial charge in [0.15, 0.2) is 6.10 Å². The Balaban J connectivity index is 4.20. The first kappa shape index (κ1) is 21.3. The van der Waals surface area contributed by atoms with Crippen LogP contribution >= 0.6 is 0 Å². The van der Waals surface area contributed by atoms with E-state index in [1.807, 2.05) is 21.1 Å². The van der Waals surface area contributed by atoms with Crippen LogP contribution in [0.5, 0.6) is 0 Å². The molecule has 0 rings (SSSR count). The summed E-state index contributed by atoms with van der Waals surface area (Å²) in [7, 11) is 5.55. The number of aliphatic hydroxyl groups is 1. The SMILES string of the molecule is C[N+](C)(C)CC(CC(=O)[O-])OC(=O)CCC(O)CCCC(=O)O. The van der Waals surface area contributed by atoms with Gasteiger partial charge >= 0.3 is 11.9 Å². The van der Waals surface area contributed by atoms with Gasteiger partial charge in [-0.25, -0.2) is 0 Å². The van der Waals surface area contributed by atoms with Gasteiger partial charge in [-0.1, -0.05) is 0 Å². The van der Waals surface area contributed by atoms with Gasteiger partial charge in [-0.3, -0.25) is 9.59 Å². The highest BCUT2D eigenvalue weighted by Crippen LogP contribution is 2.10. The Kier molecular flexibility index (Phi) is 9.43. The topological polar surface area (TPSA) is 124 Å². The number of aliphatic hydroxyl groups excluding tert-OH is 1. The molecular formula is C15H27NO7. The van der Waals surface area contributed by atoms with Crippen LogP contribution in [0.1, 0.15) is 38.5 Å². The predicted molar refractivity (Wildman–Crippen MR) is 79.1 cm³/mol. The molecule has 0 aromatic carbocycles. The largest absolute Gasteiger partial charge is 0.550 e. The molecule has 23 heavy (non-hydrogen) atoms. The lowest BCUT2D eigenvalue weighted by atomic mass is 10.1. The van der Waals surface area contributed by atoms with E-state index in [0.717, 1.165) is 0 Å². The van der Waals surface area contributed by atoms with Gasteiger partial charge in [-0.2, -0.15) is 0 Å². The number of hydrogen-bond donors (Lipinski definition) is 2. The number of carbonyl (C=O) groups excluding carboxylic acids is 2. The molecule has 0 spiro atoms. The normalized spacial score (nSPS) is 14.1. The molecule has 0 aromatic rings. The Morgan fingerprint density at radius 3 is 2.22 bits per heavy atom. The minimum Gasteiger partial charge on any atom is -0.550 e. The predicted octanol–water partition coefficient (Wildman–Crippen LogP) is -0.860. The van der Waals surface area contributed by atoms with Gasteiger partial charge in [0.05, 0.1) is 27.2 Å². The first-order valence-electron chi connectivity index (χ1n) is 7.59. The number of carboxylic acids is 2. The molecule has 0 saturated heterocycles. The van der Waals surface area contributed by atoms with Crippen LogP contribution in [0, 0.1) is 0 Å². The summed E-state index contributed by atoms with van der Waals surface area (Å²) in [6.45, 7) is 0.334. The zero-order valence-corrected chi connectivity index (χ0v) is 14.0. The van der Waals surface area contributed by atoms with Crippen LogP contribution in [0.3, 0.4) is 0 Å². The maximum Gasteiger partial charge on any atom is 0.306 e. The fraction of sp³-hybridized carbons (Fsp3) is 0.800. The maximum absolute atomic E-state index is 11.8. The number of hydrogen-bond acceptors (Lipinski definition) is 6. The van der Waals surface area contributed by atoms with E-state index in [4.69, 9.17) is 9.84 Å². The third kappa shape index (κ3) is 13.7. The van der Waals surface area contributed by atoms with Crippen LogP contribution in [0.15, 0.2) is 0 Å². The second-order valence-electron chi connectivity index (χ2n) is 6.64. The summed E-state index contributed by atoms with van der Waals surface area (Å²) in [6.07, 6.45) is -1.23. The van der Waals surface area contributed by atoms with Crippen molar-refractivity contribution in [1.82, 2.24) is 0 Å². The Labute approximate surface area is 136 Å². The Hall–Kier alpha value is -1.67. The highest BCUT2D eigenvalue weighted by Gasteiger charge is 2.22. The van der Waals surface area contributed by atoms with Crippen LogP contribution < -0.4 is 5.11 Å². The van der Waals surface area contributed by atoms with Gasteiger partial charge in [-0.15, -0.1) is 0 Å². The fourth-order valence-corrected chi connectivity index (χ4v) is 2.10. The number of carbonyl (C=O) groups is 3. The monoisotopic (exact) mass is 333 g/mol. The number of esters is 1. The molecule has 0 aliphatic rings. The molecule has 8 heteroatoms. The third-order valence-corrected chi connectivity index (χ3v) is 3.05. The fourth-order valence-electron chi connectivity index (χ4n) is 2.10. The number of quaternary nitrogens is 1. The second-order valence-corrected chi connectivity index (χ2v) is 6.64. The minimum absolute atomic E-state index is 0.0291. The lowest BCUT2D eigenvalue weighted by molar-refractivity contribution is -0.873. The van der Waals surface area contributed by atoms with Crippen molar-refractivity contribution >= 4 is 17.9 Å². The van der Waals surface area contributed by atoms with Crippen molar-refractivity contribution < 1.29 is 38.9 Å². The van der Waals surface area contributed by atoms with Crippen molar-refractivity contribution in [3.05, 3.63) is 0 Å². The second kappa shape index (κ2) is 10.2. The molecule has 134 valence electrons. The summed E-state index contributed by atoms with van der Waals surface area (Å²) < 4.78 is 5.58. The summed E-state index contributed by atoms with van der Waals surface area (Å²) in [5.74, 6) is -2.80. The van der Waals surface area contributed by atoms with Gasteiger partial charge in [0.1, 0.15) is 6.54 Å². The lowest BCUT2D eigenvalue weighted by Gasteiger charge is -2.29. The van der Waals surface area contributed by atoms with Crippen LogP contribution in [0.2, 0.25) is 0 Å². The van der Waals surface area contributed by atoms with Gasteiger partial charge in [0.2, 0.25) is 0 Å². The number of carboxylic acid groups (broad SMARTS) is 2. The van der Waals surface area contributed by atoms with Gasteiger partial charge in [-0.05, 0) is 19.3 Å². The Morgan fingerprint density at radius 1 is 1.13 bits per heavy atom. The zero-order chi connectivity index (χ0) is 18.0. The number of aliphatic carboxylic acids is 2. The van der Waals surface area contributed by atoms with E-state index >= 15 is 0 Å². The standard InChI is InChI=1S/C15H27NO7/c1-16(2,3)10-12(9-14(20)21)23-15(22)8-7-11(17)5-4-6-13(18)19/h11-12,17H,4-10H2,1-3H3,(H-,18,19,20,21). The smallest absolute Gasteiger partial charge is 0.306 e. The molecular weight excluding hydrogens is 306 g/mol. The summed E-state index contributed by atoms with van der Waals surface area (Å²) >= 11 is 0. The van der Waals surface area contributed by atoms with E-state index in [-0.39, 0.29) is 25.7 Å². The van der Waals surface area contributed by atoms with E-state index in [1.165, 1.54) is 0 Å². The Morgan fingerprint density at radius 2 is 1.74 bits per heavy atom. The first-order chi connectivity index (χ1) is 10.5. The van der Waals surface area contributed by atoms with Gasteiger partial charge in [0, 0.05) is 25.2 Å². The molecule has 0 aliphatic carbocycles. The lowest BCUT2D eigenvalue weighted by Crippen LogP contribution is -2.45. The van der Waals surface area contributed by atoms with Crippen molar-refractivity contribution in [3.63, 3.8) is 0 Å². The van der Waals surface area contributed by atoms with Gasteiger partial charge < -0.3 is 29.3 Å². The van der Waals surface area contributed by atoms with Crippen molar-refractivity contribution in [2.45, 2.75) is 50.7 Å². The molecule has 0 aliphatic heterocycles. The number of rotatable bonds is 12. The van der Waals surface area contributed by atoms with E-state index in [1.54, 1.807) is 0 Å². The molecule has 0 aromatic heterocycles. The summed E-state index contributed by atoms with van der Waals surface area (Å²) in [4.78, 5) is 32.8. The average Bonchev–Trinajstić information content (AvgIpc) is 2.32. The molecule has 0 fully saturated rings. The molecule has 2 N–H and O–H groups in total. The summed E-state index contributed by atoms with van der Waals surface area (Å²) in [5, 5.41) is 28.9. The van der Waals surface area contributed by atoms with E-state index < -0.39 is 30.1 Å². The van der Waals surface area contributed by atoms with Crippen molar-refractivity contribution in [1.29, 1.82) is 0 Å². The average molecular weight is 333 g/mol. The number of nitrogens with zero attached hydrogens (tertiary/aromatic N) is 1. The molecule has 8 nitrogen and oxygen atoms in total. The first-order valence-corrected chi connectivity index (χ1v) is 7.59. The number of ether oxygens (including phenoxy) is 1. The summed E-state index contributed by atoms with van der Waals surface area (Å²) in [6, 6.07) is 0. The molecule has 2 unspecified atom stereocenters. The highest BCUT2D eigenvalue weighted by molar-refractivity contribution is 5.71. The molecule has 0 heterocycles. The third-order valence-electron chi connectivity index (χ3n) is 3.05. The molecule has 0 amide bonds. The van der Waals surface area contributed by atoms with E-state index in [9.17, 15) is 24.6 Å². The molecule has 0 bridgehead atoms. The number of likely N-dealkylation sites (N-methyl/N-ethyl adjacent to an activating group) is 1. The van der Waals surface area contributed by atoms with Crippen LogP contribution in [-0.4, -0.2) is 72.5 Å². The molecule has 0 saturated carbocycles. The zero-order valence-electron chi connectivity index (χ0n) is 14.0. The van der Waals surface area contributed by atoms with Crippen molar-refractivity contribution in [3.8, 4) is 0 Å². The maximum atomic E-state index is 11.8. The van der Waals surface area contributed by atoms with E-state index in [2.05, 4.69) is 0 Å². The van der Waals surface area contributed by atoms with Crippen LogP contribution in [0.4, 0.5) is 0 Å². The van der Waals surface area contributed by atoms with Crippen LogP contribution in [-0.2, 0) is 19.1 Å².